The lowest BCUT2D eigenvalue weighted by molar-refractivity contribution is -0.148. The molecule has 2 atom stereocenters. The van der Waals surface area contributed by atoms with Gasteiger partial charge in [-0.25, -0.2) is 0 Å². The van der Waals surface area contributed by atoms with Crippen molar-refractivity contribution in [3.63, 3.8) is 0 Å². The number of halogens is 1. The van der Waals surface area contributed by atoms with E-state index in [1.54, 1.807) is 73.2 Å². The van der Waals surface area contributed by atoms with Gasteiger partial charge >= 0.3 is 5.97 Å². The lowest BCUT2D eigenvalue weighted by Crippen LogP contribution is -2.47. The van der Waals surface area contributed by atoms with Crippen LogP contribution in [0.4, 0.5) is 11.4 Å². The van der Waals surface area contributed by atoms with Crippen molar-refractivity contribution in [2.45, 2.75) is 46.2 Å². The molecule has 0 saturated carbocycles. The largest absolute Gasteiger partial charge is 0.497 e. The van der Waals surface area contributed by atoms with Crippen LogP contribution < -0.4 is 19.3 Å². The highest BCUT2D eigenvalue weighted by atomic mass is 35.5. The summed E-state index contributed by atoms with van der Waals surface area (Å²) in [5, 5.41) is 9.76. The zero-order valence-electron chi connectivity index (χ0n) is 23.2. The molecule has 3 aromatic carbocycles. The third-order valence-corrected chi connectivity index (χ3v) is 7.44. The van der Waals surface area contributed by atoms with Crippen LogP contribution in [-0.2, 0) is 9.59 Å². The predicted octanol–water partition coefficient (Wildman–Crippen LogP) is 6.37. The van der Waals surface area contributed by atoms with Crippen LogP contribution in [0.1, 0.15) is 56.1 Å². The van der Waals surface area contributed by atoms with E-state index in [-0.39, 0.29) is 36.3 Å². The number of hydrogen-bond donors (Lipinski definition) is 1. The maximum Gasteiger partial charge on any atom is 0.312 e. The number of nitrogens with zero attached hydrogens (tertiary/aromatic N) is 2. The van der Waals surface area contributed by atoms with E-state index in [2.05, 4.69) is 0 Å². The molecule has 8 nitrogen and oxygen atoms in total. The van der Waals surface area contributed by atoms with Gasteiger partial charge in [0.2, 0.25) is 5.91 Å². The fourth-order valence-corrected chi connectivity index (χ4v) is 5.03. The van der Waals surface area contributed by atoms with E-state index in [9.17, 15) is 19.5 Å². The zero-order valence-corrected chi connectivity index (χ0v) is 23.9. The molecule has 40 heavy (non-hydrogen) atoms. The SMILES string of the molecule is COc1ccc(C(=O)N2c3ccccc3[C@H](N(C(C)=O)c3ccc(Cl)c(OCC(C)(C)C(=O)O)c3)C[C@@H]2C)cc1. The monoisotopic (exact) mass is 564 g/mol. The van der Waals surface area contributed by atoms with E-state index in [0.717, 1.165) is 11.3 Å². The molecule has 3 aromatic rings. The summed E-state index contributed by atoms with van der Waals surface area (Å²) in [5.41, 5.74) is 1.53. The van der Waals surface area contributed by atoms with Crippen molar-refractivity contribution in [3.8, 4) is 11.5 Å². The highest BCUT2D eigenvalue weighted by Crippen LogP contribution is 2.44. The number of para-hydroxylation sites is 1. The Morgan fingerprint density at radius 2 is 1.75 bits per heavy atom. The van der Waals surface area contributed by atoms with Crippen LogP contribution in [0.5, 0.6) is 11.5 Å². The lowest BCUT2D eigenvalue weighted by Gasteiger charge is -2.43. The first-order valence-electron chi connectivity index (χ1n) is 13.0. The minimum absolute atomic E-state index is 0.0999. The van der Waals surface area contributed by atoms with Crippen molar-refractivity contribution in [1.29, 1.82) is 0 Å². The first-order valence-corrected chi connectivity index (χ1v) is 13.3. The van der Waals surface area contributed by atoms with E-state index >= 15 is 0 Å². The Kier molecular flexibility index (Phi) is 8.40. The number of hydrogen-bond acceptors (Lipinski definition) is 5. The molecule has 0 aliphatic carbocycles. The molecule has 0 radical (unpaired) electrons. The van der Waals surface area contributed by atoms with E-state index in [1.165, 1.54) is 6.92 Å². The van der Waals surface area contributed by atoms with Crippen molar-refractivity contribution < 1.29 is 29.0 Å². The predicted molar refractivity (Wildman–Crippen MR) is 155 cm³/mol. The van der Waals surface area contributed by atoms with Gasteiger partial charge in [0.1, 0.15) is 18.1 Å². The Hall–Kier alpha value is -4.04. The van der Waals surface area contributed by atoms with Crippen LogP contribution >= 0.6 is 11.6 Å². The number of methoxy groups -OCH3 is 1. The van der Waals surface area contributed by atoms with Gasteiger partial charge in [-0.05, 0) is 75.2 Å². The number of ether oxygens (including phenoxy) is 2. The Bertz CT molecular complexity index is 1420. The van der Waals surface area contributed by atoms with Crippen LogP contribution in [0.2, 0.25) is 5.02 Å². The third-order valence-electron chi connectivity index (χ3n) is 7.13. The fourth-order valence-electron chi connectivity index (χ4n) is 4.86. The molecule has 0 saturated heterocycles. The van der Waals surface area contributed by atoms with E-state index < -0.39 is 11.4 Å². The molecule has 9 heteroatoms. The molecule has 0 fully saturated rings. The first kappa shape index (κ1) is 29.0. The van der Waals surface area contributed by atoms with Crippen LogP contribution in [0, 0.1) is 5.41 Å². The number of anilines is 2. The van der Waals surface area contributed by atoms with Gasteiger partial charge in [0.05, 0.1) is 23.6 Å². The van der Waals surface area contributed by atoms with Gasteiger partial charge in [-0.15, -0.1) is 0 Å². The van der Waals surface area contributed by atoms with Crippen LogP contribution in [0.3, 0.4) is 0 Å². The maximum absolute atomic E-state index is 13.7. The molecular weight excluding hydrogens is 532 g/mol. The van der Waals surface area contributed by atoms with E-state index in [0.29, 0.717) is 28.4 Å². The summed E-state index contributed by atoms with van der Waals surface area (Å²) in [6.45, 7) is 6.48. The topological polar surface area (TPSA) is 96.4 Å². The van der Waals surface area contributed by atoms with Gasteiger partial charge in [-0.3, -0.25) is 14.4 Å². The molecule has 0 bridgehead atoms. The van der Waals surface area contributed by atoms with Crippen molar-refractivity contribution in [3.05, 3.63) is 82.9 Å². The lowest BCUT2D eigenvalue weighted by atomic mass is 9.89. The summed E-state index contributed by atoms with van der Waals surface area (Å²) < 4.78 is 11.0. The summed E-state index contributed by atoms with van der Waals surface area (Å²) >= 11 is 6.38. The smallest absolute Gasteiger partial charge is 0.312 e. The second-order valence-corrected chi connectivity index (χ2v) is 11.0. The number of rotatable bonds is 8. The second-order valence-electron chi connectivity index (χ2n) is 10.5. The average Bonchev–Trinajstić information content (AvgIpc) is 2.92. The second kappa shape index (κ2) is 11.6. The normalized spacial score (nSPS) is 16.6. The highest BCUT2D eigenvalue weighted by molar-refractivity contribution is 6.32. The van der Waals surface area contributed by atoms with Crippen molar-refractivity contribution >= 4 is 40.8 Å². The molecule has 0 unspecified atom stereocenters. The molecule has 210 valence electrons. The number of amides is 2. The number of carbonyl (C=O) groups is 3. The molecule has 1 aliphatic heterocycles. The molecular formula is C31H33ClN2O6. The number of carboxylic acid groups (broad SMARTS) is 1. The van der Waals surface area contributed by atoms with Crippen LogP contribution in [0.25, 0.3) is 0 Å². The van der Waals surface area contributed by atoms with Gasteiger partial charge in [0, 0.05) is 36.0 Å². The van der Waals surface area contributed by atoms with Crippen molar-refractivity contribution in [2.75, 3.05) is 23.5 Å². The summed E-state index contributed by atoms with van der Waals surface area (Å²) in [6.07, 6.45) is 0.489. The highest BCUT2D eigenvalue weighted by Gasteiger charge is 2.38. The minimum Gasteiger partial charge on any atom is -0.497 e. The Morgan fingerprint density at radius 1 is 1.07 bits per heavy atom. The van der Waals surface area contributed by atoms with Crippen molar-refractivity contribution in [1.82, 2.24) is 0 Å². The van der Waals surface area contributed by atoms with E-state index in [4.69, 9.17) is 21.1 Å². The third kappa shape index (κ3) is 5.77. The first-order chi connectivity index (χ1) is 18.9. The fraction of sp³-hybridized carbons (Fsp3) is 0.323. The van der Waals surface area contributed by atoms with E-state index in [1.807, 2.05) is 31.2 Å². The van der Waals surface area contributed by atoms with Gasteiger partial charge in [0.15, 0.2) is 0 Å². The maximum atomic E-state index is 13.7. The summed E-state index contributed by atoms with van der Waals surface area (Å²) in [7, 11) is 1.58. The van der Waals surface area contributed by atoms with Crippen molar-refractivity contribution in [2.24, 2.45) is 5.41 Å². The average molecular weight is 565 g/mol. The van der Waals surface area contributed by atoms with Gasteiger partial charge in [0.25, 0.3) is 5.91 Å². The zero-order chi connectivity index (χ0) is 29.2. The van der Waals surface area contributed by atoms with Gasteiger partial charge in [-0.1, -0.05) is 29.8 Å². The molecule has 1 N–H and O–H groups in total. The molecule has 2 amide bonds. The number of benzene rings is 3. The Morgan fingerprint density at radius 3 is 2.38 bits per heavy atom. The minimum atomic E-state index is -1.13. The Labute approximate surface area is 239 Å². The standard InChI is InChI=1S/C31H33ClN2O6/c1-19-16-27(24-8-6-7-9-26(24)33(19)29(36)21-10-13-23(39-5)14-11-21)34(20(2)35)22-12-15-25(32)28(17-22)40-18-31(3,4)30(37)38/h6-15,17,19,27H,16,18H2,1-5H3,(H,37,38)/t19-,27+/m0/s1. The quantitative estimate of drug-likeness (QED) is 0.341. The molecule has 0 aromatic heterocycles. The molecule has 1 aliphatic rings. The van der Waals surface area contributed by atoms with Gasteiger partial charge < -0.3 is 24.4 Å². The summed E-state index contributed by atoms with van der Waals surface area (Å²) in [6, 6.07) is 19.0. The van der Waals surface area contributed by atoms with Gasteiger partial charge in [-0.2, -0.15) is 0 Å². The number of aliphatic carboxylic acids is 1. The number of carboxylic acids is 1. The Balaban J connectivity index is 1.70. The molecule has 1 heterocycles. The van der Waals surface area contributed by atoms with Crippen LogP contribution in [0.15, 0.2) is 66.7 Å². The van der Waals surface area contributed by atoms with Crippen LogP contribution in [-0.4, -0.2) is 42.6 Å². The summed E-state index contributed by atoms with van der Waals surface area (Å²) in [4.78, 5) is 41.8. The number of carbonyl (C=O) groups excluding carboxylic acids is 2. The molecule has 4 rings (SSSR count). The molecule has 0 spiro atoms. The number of fused-ring (bicyclic) bond motifs is 1. The summed E-state index contributed by atoms with van der Waals surface area (Å²) in [5.74, 6) is -0.377.